The van der Waals surface area contributed by atoms with Crippen molar-refractivity contribution >= 4 is 0 Å². The van der Waals surface area contributed by atoms with Crippen molar-refractivity contribution in [3.05, 3.63) is 35.4 Å². The first-order valence-corrected chi connectivity index (χ1v) is 7.73. The molecule has 1 heterocycles. The van der Waals surface area contributed by atoms with Crippen LogP contribution in [-0.2, 0) is 5.41 Å². The van der Waals surface area contributed by atoms with Gasteiger partial charge in [-0.3, -0.25) is 0 Å². The number of hydrogen-bond acceptors (Lipinski definition) is 2. The van der Waals surface area contributed by atoms with Crippen LogP contribution in [0.2, 0.25) is 0 Å². The third-order valence-corrected chi connectivity index (χ3v) is 5.31. The Balaban J connectivity index is 1.87. The third-order valence-electron chi connectivity index (χ3n) is 5.31. The van der Waals surface area contributed by atoms with Crippen molar-refractivity contribution < 1.29 is 0 Å². The Kier molecular flexibility index (Phi) is 3.64. The maximum Gasteiger partial charge on any atom is 0.00756 e. The summed E-state index contributed by atoms with van der Waals surface area (Å²) in [5, 5.41) is 0. The average molecular weight is 258 g/mol. The quantitative estimate of drug-likeness (QED) is 0.903. The average Bonchev–Trinajstić information content (AvgIpc) is 3.08. The molecular formula is C17H26N2. The van der Waals surface area contributed by atoms with Gasteiger partial charge in [-0.25, -0.2) is 0 Å². The summed E-state index contributed by atoms with van der Waals surface area (Å²) in [6, 6.07) is 9.33. The highest BCUT2D eigenvalue weighted by atomic mass is 15.1. The molecule has 2 heteroatoms. The molecule has 1 saturated carbocycles. The lowest BCUT2D eigenvalue weighted by Gasteiger charge is -2.29. The Hall–Kier alpha value is -0.860. The predicted octanol–water partition coefficient (Wildman–Crippen LogP) is 2.88. The SMILES string of the molecule is CN1CCC(c2cccc(C3(CN)CCCC3)c2)C1. The molecule has 1 aliphatic carbocycles. The van der Waals surface area contributed by atoms with E-state index in [0.29, 0.717) is 0 Å². The van der Waals surface area contributed by atoms with Crippen molar-refractivity contribution in [2.45, 2.75) is 43.4 Å². The van der Waals surface area contributed by atoms with Crippen LogP contribution in [-0.4, -0.2) is 31.6 Å². The van der Waals surface area contributed by atoms with Gasteiger partial charge in [0, 0.05) is 18.5 Å². The molecule has 1 aliphatic heterocycles. The van der Waals surface area contributed by atoms with Gasteiger partial charge < -0.3 is 10.6 Å². The van der Waals surface area contributed by atoms with Crippen molar-refractivity contribution in [3.63, 3.8) is 0 Å². The summed E-state index contributed by atoms with van der Waals surface area (Å²) in [7, 11) is 2.22. The molecule has 0 bridgehead atoms. The van der Waals surface area contributed by atoms with Gasteiger partial charge in [-0.2, -0.15) is 0 Å². The van der Waals surface area contributed by atoms with Crippen LogP contribution in [0.15, 0.2) is 24.3 Å². The fourth-order valence-corrected chi connectivity index (χ4v) is 3.99. The van der Waals surface area contributed by atoms with Crippen molar-refractivity contribution in [1.82, 2.24) is 4.90 Å². The molecule has 2 N–H and O–H groups in total. The highest BCUT2D eigenvalue weighted by Gasteiger charge is 2.34. The van der Waals surface area contributed by atoms with Crippen LogP contribution in [0.4, 0.5) is 0 Å². The van der Waals surface area contributed by atoms with E-state index in [1.165, 1.54) is 56.3 Å². The highest BCUT2D eigenvalue weighted by molar-refractivity contribution is 5.34. The lowest BCUT2D eigenvalue weighted by Crippen LogP contribution is -2.32. The van der Waals surface area contributed by atoms with E-state index in [0.717, 1.165) is 12.5 Å². The van der Waals surface area contributed by atoms with Gasteiger partial charge in [-0.1, -0.05) is 37.1 Å². The summed E-state index contributed by atoms with van der Waals surface area (Å²) in [5.41, 5.74) is 9.43. The summed E-state index contributed by atoms with van der Waals surface area (Å²) < 4.78 is 0. The Morgan fingerprint density at radius 3 is 2.74 bits per heavy atom. The molecule has 1 unspecified atom stereocenters. The number of benzene rings is 1. The number of hydrogen-bond donors (Lipinski definition) is 1. The topological polar surface area (TPSA) is 29.3 Å². The molecule has 0 radical (unpaired) electrons. The summed E-state index contributed by atoms with van der Waals surface area (Å²) in [5.74, 6) is 0.723. The van der Waals surface area contributed by atoms with Gasteiger partial charge in [0.15, 0.2) is 0 Å². The number of likely N-dealkylation sites (N-methyl/N-ethyl adjacent to an activating group) is 1. The Morgan fingerprint density at radius 1 is 1.32 bits per heavy atom. The molecule has 2 aliphatic rings. The minimum Gasteiger partial charge on any atom is -0.330 e. The first kappa shape index (κ1) is 13.1. The molecule has 2 fully saturated rings. The normalized spacial score (nSPS) is 26.9. The zero-order chi connectivity index (χ0) is 13.3. The third kappa shape index (κ3) is 2.44. The number of nitrogens with two attached hydrogens (primary N) is 1. The maximum atomic E-state index is 6.12. The molecular weight excluding hydrogens is 232 g/mol. The molecule has 2 nitrogen and oxygen atoms in total. The summed E-state index contributed by atoms with van der Waals surface area (Å²) in [6.45, 7) is 3.25. The lowest BCUT2D eigenvalue weighted by atomic mass is 9.77. The van der Waals surface area contributed by atoms with Gasteiger partial charge in [0.2, 0.25) is 0 Å². The molecule has 1 aromatic carbocycles. The summed E-state index contributed by atoms with van der Waals surface area (Å²) in [6.07, 6.45) is 6.53. The zero-order valence-electron chi connectivity index (χ0n) is 12.1. The smallest absolute Gasteiger partial charge is 0.00756 e. The van der Waals surface area contributed by atoms with Crippen molar-refractivity contribution in [2.24, 2.45) is 5.73 Å². The Bertz CT molecular complexity index is 435. The van der Waals surface area contributed by atoms with Gasteiger partial charge in [0.25, 0.3) is 0 Å². The van der Waals surface area contributed by atoms with E-state index < -0.39 is 0 Å². The van der Waals surface area contributed by atoms with Gasteiger partial charge in [0.05, 0.1) is 0 Å². The molecule has 0 aromatic heterocycles. The molecule has 0 amide bonds. The second-order valence-electron chi connectivity index (χ2n) is 6.56. The minimum atomic E-state index is 0.278. The first-order chi connectivity index (χ1) is 9.23. The van der Waals surface area contributed by atoms with E-state index in [4.69, 9.17) is 5.73 Å². The fraction of sp³-hybridized carbons (Fsp3) is 0.647. The van der Waals surface area contributed by atoms with Gasteiger partial charge in [-0.15, -0.1) is 0 Å². The highest BCUT2D eigenvalue weighted by Crippen LogP contribution is 2.41. The summed E-state index contributed by atoms with van der Waals surface area (Å²) >= 11 is 0. The van der Waals surface area contributed by atoms with Gasteiger partial charge in [0.1, 0.15) is 0 Å². The van der Waals surface area contributed by atoms with Gasteiger partial charge in [-0.05, 0) is 49.9 Å². The van der Waals surface area contributed by atoms with Crippen molar-refractivity contribution in [2.75, 3.05) is 26.7 Å². The standard InChI is InChI=1S/C17H26N2/c1-19-10-7-15(12-19)14-5-4-6-16(11-14)17(13-18)8-2-3-9-17/h4-6,11,15H,2-3,7-10,12-13,18H2,1H3. The van der Waals surface area contributed by atoms with Crippen LogP contribution in [0.25, 0.3) is 0 Å². The first-order valence-electron chi connectivity index (χ1n) is 7.73. The number of likely N-dealkylation sites (tertiary alicyclic amines) is 1. The molecule has 1 saturated heterocycles. The maximum absolute atomic E-state index is 6.12. The van der Waals surface area contributed by atoms with Crippen LogP contribution < -0.4 is 5.73 Å². The molecule has 104 valence electrons. The van der Waals surface area contributed by atoms with E-state index >= 15 is 0 Å². The zero-order valence-corrected chi connectivity index (χ0v) is 12.1. The largest absolute Gasteiger partial charge is 0.330 e. The minimum absolute atomic E-state index is 0.278. The molecule has 0 spiro atoms. The second-order valence-corrected chi connectivity index (χ2v) is 6.56. The fourth-order valence-electron chi connectivity index (χ4n) is 3.99. The molecule has 1 aromatic rings. The van der Waals surface area contributed by atoms with E-state index in [-0.39, 0.29) is 5.41 Å². The molecule has 1 atom stereocenters. The van der Waals surface area contributed by atoms with E-state index in [9.17, 15) is 0 Å². The lowest BCUT2D eigenvalue weighted by molar-refractivity contribution is 0.411. The Labute approximate surface area is 117 Å². The van der Waals surface area contributed by atoms with Crippen LogP contribution >= 0.6 is 0 Å². The van der Waals surface area contributed by atoms with Crippen LogP contribution in [0, 0.1) is 0 Å². The molecule has 19 heavy (non-hydrogen) atoms. The number of rotatable bonds is 3. The van der Waals surface area contributed by atoms with Crippen LogP contribution in [0.5, 0.6) is 0 Å². The van der Waals surface area contributed by atoms with Crippen LogP contribution in [0.1, 0.15) is 49.1 Å². The predicted molar refractivity (Wildman–Crippen MR) is 80.5 cm³/mol. The second kappa shape index (κ2) is 5.26. The summed E-state index contributed by atoms with van der Waals surface area (Å²) in [4.78, 5) is 2.44. The van der Waals surface area contributed by atoms with E-state index in [2.05, 4.69) is 36.2 Å². The van der Waals surface area contributed by atoms with E-state index in [1.807, 2.05) is 0 Å². The molecule has 3 rings (SSSR count). The van der Waals surface area contributed by atoms with Crippen molar-refractivity contribution in [3.8, 4) is 0 Å². The number of nitrogens with zero attached hydrogens (tertiary/aromatic N) is 1. The Morgan fingerprint density at radius 2 is 2.11 bits per heavy atom. The van der Waals surface area contributed by atoms with Gasteiger partial charge >= 0.3 is 0 Å². The van der Waals surface area contributed by atoms with E-state index in [1.54, 1.807) is 0 Å². The van der Waals surface area contributed by atoms with Crippen molar-refractivity contribution in [1.29, 1.82) is 0 Å². The van der Waals surface area contributed by atoms with Crippen LogP contribution in [0.3, 0.4) is 0 Å². The monoisotopic (exact) mass is 258 g/mol.